The van der Waals surface area contributed by atoms with E-state index in [1.807, 2.05) is 18.2 Å². The Morgan fingerprint density at radius 3 is 2.16 bits per heavy atom. The summed E-state index contributed by atoms with van der Waals surface area (Å²) in [6.07, 6.45) is -16.8. The highest BCUT2D eigenvalue weighted by Crippen LogP contribution is 2.37. The zero-order valence-electron chi connectivity index (χ0n) is 34.6. The predicted octanol–water partition coefficient (Wildman–Crippen LogP) is 0.673. The molecule has 3 saturated heterocycles. The Hall–Kier alpha value is -5.30. The van der Waals surface area contributed by atoms with Gasteiger partial charge in [-0.3, -0.25) is 0 Å². The van der Waals surface area contributed by atoms with Crippen LogP contribution in [-0.4, -0.2) is 150 Å². The molecule has 5 aliphatic rings. The number of hydrogen-bond donors (Lipinski definition) is 8. The van der Waals surface area contributed by atoms with Gasteiger partial charge in [-0.25, -0.2) is 14.4 Å². The van der Waals surface area contributed by atoms with Crippen molar-refractivity contribution in [2.24, 2.45) is 16.8 Å². The lowest BCUT2D eigenvalue weighted by Crippen LogP contribution is -2.69. The number of aliphatic hydroxyl groups is 4. The van der Waals surface area contributed by atoms with E-state index in [-0.39, 0.29) is 44.9 Å². The fourth-order valence-electron chi connectivity index (χ4n) is 8.20. The average molecular weight is 900 g/mol. The number of rotatable bonds is 15. The summed E-state index contributed by atoms with van der Waals surface area (Å²) in [5.74, 6) is -0.169. The highest BCUT2D eigenvalue weighted by molar-refractivity contribution is 5.69. The molecule has 16 atom stereocenters. The number of alkyl carbamates (subject to hydrolysis) is 3. The second kappa shape index (κ2) is 21.6. The lowest BCUT2D eigenvalue weighted by atomic mass is 9.80. The number of nitrogens with one attached hydrogen (secondary N) is 3. The van der Waals surface area contributed by atoms with Crippen molar-refractivity contribution in [2.75, 3.05) is 19.7 Å². The van der Waals surface area contributed by atoms with Gasteiger partial charge in [-0.2, -0.15) is 0 Å². The van der Waals surface area contributed by atoms with Crippen LogP contribution < -0.4 is 21.7 Å². The highest BCUT2D eigenvalue weighted by atomic mass is 16.8. The molecule has 4 aliphatic heterocycles. The largest absolute Gasteiger partial charge is 0.467 e. The SMILES string of the molecule is C[C@H]1C[C@@H](N)[C@H](O)[C@@H](O[C@@H]2O[C@H](CO)[C@@H](O[C@H]3O[C@H]4CNC(=O)O[C@H]4[C@H](O)[C@H]3NC(=O)OCc3ccccc3)[C@H]2O)[C@@H]1O[C@H]1OC(CN=[N+]=[N-])=CC[C@H]1NC(=O)OCc1ccccc1. The average Bonchev–Trinajstić information content (AvgIpc) is 3.59. The fourth-order valence-corrected chi connectivity index (χ4v) is 8.20. The number of aliphatic hydroxyl groups excluding tert-OH is 4. The first-order valence-corrected chi connectivity index (χ1v) is 20.9. The van der Waals surface area contributed by atoms with Crippen molar-refractivity contribution in [3.63, 3.8) is 0 Å². The van der Waals surface area contributed by atoms with Crippen LogP contribution in [-0.2, 0) is 55.8 Å². The van der Waals surface area contributed by atoms with Gasteiger partial charge in [-0.05, 0) is 41.5 Å². The van der Waals surface area contributed by atoms with Gasteiger partial charge in [0.25, 0.3) is 0 Å². The molecule has 0 bridgehead atoms. The molecule has 2 aromatic rings. The third-order valence-electron chi connectivity index (χ3n) is 11.5. The molecule has 9 N–H and O–H groups in total. The first kappa shape index (κ1) is 46.7. The smallest absolute Gasteiger partial charge is 0.407 e. The van der Waals surface area contributed by atoms with Gasteiger partial charge in [0.1, 0.15) is 61.6 Å². The summed E-state index contributed by atoms with van der Waals surface area (Å²) in [7, 11) is 0. The minimum Gasteiger partial charge on any atom is -0.467 e. The number of azide groups is 1. The van der Waals surface area contributed by atoms with E-state index in [1.54, 1.807) is 55.5 Å². The number of hydrogen-bond acceptors (Lipinski definition) is 18. The molecule has 23 nitrogen and oxygen atoms in total. The van der Waals surface area contributed by atoms with Crippen LogP contribution in [0.1, 0.15) is 30.9 Å². The van der Waals surface area contributed by atoms with Crippen LogP contribution in [0, 0.1) is 5.92 Å². The Balaban J connectivity index is 1.06. The number of amides is 3. The summed E-state index contributed by atoms with van der Waals surface area (Å²) in [4.78, 5) is 40.9. The monoisotopic (exact) mass is 899 g/mol. The Morgan fingerprint density at radius 1 is 0.859 bits per heavy atom. The maximum atomic E-state index is 13.1. The van der Waals surface area contributed by atoms with E-state index in [0.717, 1.165) is 5.56 Å². The molecule has 7 rings (SSSR count). The van der Waals surface area contributed by atoms with E-state index in [4.69, 9.17) is 53.9 Å². The molecule has 0 radical (unpaired) electrons. The minimum atomic E-state index is -1.71. The van der Waals surface area contributed by atoms with Crippen LogP contribution in [0.5, 0.6) is 0 Å². The summed E-state index contributed by atoms with van der Waals surface area (Å²) in [6, 6.07) is 14.8. The Labute approximate surface area is 366 Å². The highest BCUT2D eigenvalue weighted by Gasteiger charge is 2.55. The Morgan fingerprint density at radius 2 is 1.50 bits per heavy atom. The van der Waals surface area contributed by atoms with Crippen LogP contribution in [0.25, 0.3) is 10.4 Å². The molecule has 1 saturated carbocycles. The van der Waals surface area contributed by atoms with E-state index < -0.39 is 123 Å². The van der Waals surface area contributed by atoms with Gasteiger partial charge >= 0.3 is 18.3 Å². The van der Waals surface area contributed by atoms with Crippen LogP contribution in [0.4, 0.5) is 14.4 Å². The normalized spacial score (nSPS) is 35.8. The molecule has 3 amide bonds. The van der Waals surface area contributed by atoms with E-state index in [9.17, 15) is 34.8 Å². The molecule has 0 spiro atoms. The second-order valence-electron chi connectivity index (χ2n) is 16.0. The van der Waals surface area contributed by atoms with E-state index in [2.05, 4.69) is 26.0 Å². The molecule has 23 heteroatoms. The molecule has 4 fully saturated rings. The van der Waals surface area contributed by atoms with Gasteiger partial charge in [0, 0.05) is 11.0 Å². The molecule has 0 unspecified atom stereocenters. The summed E-state index contributed by atoms with van der Waals surface area (Å²) in [6.45, 7) is 0.705. The van der Waals surface area contributed by atoms with Crippen LogP contribution >= 0.6 is 0 Å². The maximum absolute atomic E-state index is 13.1. The quantitative estimate of drug-likeness (QED) is 0.0527. The number of carbonyl (C=O) groups excluding carboxylic acids is 3. The van der Waals surface area contributed by atoms with Gasteiger partial charge in [0.05, 0.1) is 37.9 Å². The lowest BCUT2D eigenvalue weighted by molar-refractivity contribution is -0.289. The summed E-state index contributed by atoms with van der Waals surface area (Å²) in [5, 5.41) is 56.5. The van der Waals surface area contributed by atoms with Gasteiger partial charge in [-0.15, -0.1) is 0 Å². The number of fused-ring (bicyclic) bond motifs is 1. The molecule has 348 valence electrons. The van der Waals surface area contributed by atoms with Crippen molar-refractivity contribution in [3.05, 3.63) is 94.1 Å². The first-order valence-electron chi connectivity index (χ1n) is 20.9. The van der Waals surface area contributed by atoms with Crippen LogP contribution in [0.15, 0.2) is 77.6 Å². The Kier molecular flexibility index (Phi) is 15.7. The number of carbonyl (C=O) groups is 3. The maximum Gasteiger partial charge on any atom is 0.407 e. The van der Waals surface area contributed by atoms with Crippen LogP contribution in [0.3, 0.4) is 0 Å². The fraction of sp³-hybridized carbons (Fsp3) is 0.585. The standard InChI is InChI=1S/C41H53N7O16/c1-20-14-24(42)29(50)35(32(20)61-36-25(13-12-23(58-36)15-45-48-43)46-40(54)56-18-21-8-4-2-5-9-21)63-38-31(52)34(27(17-49)60-38)62-37-28(30(51)33-26(59-37)16-44-39(53)64-33)47-41(55)57-19-22-10-6-3-7-11-22/h2-12,20,24-38,49-52H,13-19,42H2,1H3,(H,44,53)(H,46,54)(H,47,55)/t20-,24+,25+,26-,27+,28+,29-,30+,31+,32+,33+,34+,35+,36+,37+,38-/m0/s1. The van der Waals surface area contributed by atoms with Crippen molar-refractivity contribution in [1.29, 1.82) is 0 Å². The second-order valence-corrected chi connectivity index (χ2v) is 16.0. The van der Waals surface area contributed by atoms with Gasteiger partial charge in [0.15, 0.2) is 18.7 Å². The third-order valence-corrected chi connectivity index (χ3v) is 11.5. The van der Waals surface area contributed by atoms with E-state index in [0.29, 0.717) is 5.56 Å². The van der Waals surface area contributed by atoms with Crippen molar-refractivity contribution < 1.29 is 77.4 Å². The zero-order chi connectivity index (χ0) is 45.3. The third kappa shape index (κ3) is 11.3. The molecule has 2 aromatic carbocycles. The topological polar surface area (TPSA) is 326 Å². The van der Waals surface area contributed by atoms with Gasteiger partial charge in [0.2, 0.25) is 6.29 Å². The first-order chi connectivity index (χ1) is 30.9. The van der Waals surface area contributed by atoms with Crippen molar-refractivity contribution >= 4 is 18.3 Å². The summed E-state index contributed by atoms with van der Waals surface area (Å²) >= 11 is 0. The Bertz CT molecular complexity index is 1970. The summed E-state index contributed by atoms with van der Waals surface area (Å²) < 4.78 is 53.2. The predicted molar refractivity (Wildman–Crippen MR) is 216 cm³/mol. The number of ether oxygens (including phenoxy) is 9. The molecule has 4 heterocycles. The lowest BCUT2D eigenvalue weighted by Gasteiger charge is -2.46. The minimum absolute atomic E-state index is 0.00763. The van der Waals surface area contributed by atoms with Crippen molar-refractivity contribution in [2.45, 2.75) is 125 Å². The molecular weight excluding hydrogens is 846 g/mol. The molecule has 1 aliphatic carbocycles. The van der Waals surface area contributed by atoms with Crippen molar-refractivity contribution in [3.8, 4) is 0 Å². The van der Waals surface area contributed by atoms with E-state index >= 15 is 0 Å². The number of nitrogens with two attached hydrogens (primary N) is 1. The summed E-state index contributed by atoms with van der Waals surface area (Å²) in [5.41, 5.74) is 16.8. The zero-order valence-corrected chi connectivity index (χ0v) is 34.6. The molecule has 0 aromatic heterocycles. The van der Waals surface area contributed by atoms with Gasteiger partial charge < -0.3 is 84.7 Å². The number of nitrogens with zero attached hydrogens (tertiary/aromatic N) is 3. The van der Waals surface area contributed by atoms with Gasteiger partial charge in [-0.1, -0.05) is 72.7 Å². The van der Waals surface area contributed by atoms with Crippen molar-refractivity contribution in [1.82, 2.24) is 16.0 Å². The number of benzene rings is 2. The molecule has 64 heavy (non-hydrogen) atoms. The van der Waals surface area contributed by atoms with Crippen LogP contribution in [0.2, 0.25) is 0 Å². The van der Waals surface area contributed by atoms with E-state index in [1.165, 1.54) is 0 Å². The molecular formula is C41H53N7O16.